The van der Waals surface area contributed by atoms with Crippen LogP contribution in [0.2, 0.25) is 0 Å². The summed E-state index contributed by atoms with van der Waals surface area (Å²) in [7, 11) is 1.98. The Kier molecular flexibility index (Phi) is 3.88. The van der Waals surface area contributed by atoms with E-state index in [-0.39, 0.29) is 0 Å². The van der Waals surface area contributed by atoms with Gasteiger partial charge in [-0.25, -0.2) is 0 Å². The summed E-state index contributed by atoms with van der Waals surface area (Å²) in [5.41, 5.74) is 1.37. The van der Waals surface area contributed by atoms with Crippen molar-refractivity contribution in [3.8, 4) is 0 Å². The van der Waals surface area contributed by atoms with E-state index in [4.69, 9.17) is 0 Å². The van der Waals surface area contributed by atoms with Crippen molar-refractivity contribution in [2.24, 2.45) is 0 Å². The molecule has 1 aromatic heterocycles. The fourth-order valence-electron chi connectivity index (χ4n) is 1.28. The first kappa shape index (κ1) is 9.33. The van der Waals surface area contributed by atoms with E-state index in [9.17, 15) is 0 Å². The molecule has 2 heteroatoms. The van der Waals surface area contributed by atoms with Gasteiger partial charge in [-0.1, -0.05) is 13.3 Å². The molecule has 0 bridgehead atoms. The molecule has 0 aromatic carbocycles. The molecule has 0 atom stereocenters. The first-order valence-electron chi connectivity index (χ1n) is 4.66. The fraction of sp³-hybridized carbons (Fsp3) is 0.600. The van der Waals surface area contributed by atoms with Crippen molar-refractivity contribution in [1.29, 1.82) is 0 Å². The Morgan fingerprint density at radius 2 is 2.33 bits per heavy atom. The van der Waals surface area contributed by atoms with Crippen molar-refractivity contribution in [2.75, 3.05) is 7.05 Å². The molecule has 0 fully saturated rings. The van der Waals surface area contributed by atoms with Gasteiger partial charge in [-0.15, -0.1) is 0 Å². The van der Waals surface area contributed by atoms with Gasteiger partial charge in [0.05, 0.1) is 0 Å². The number of unbranched alkanes of at least 4 members (excludes halogenated alkanes) is 1. The van der Waals surface area contributed by atoms with Gasteiger partial charge in [0.2, 0.25) is 0 Å². The maximum absolute atomic E-state index is 3.14. The largest absolute Gasteiger partial charge is 0.354 e. The first-order chi connectivity index (χ1) is 5.86. The van der Waals surface area contributed by atoms with Crippen molar-refractivity contribution < 1.29 is 0 Å². The van der Waals surface area contributed by atoms with Crippen LogP contribution in [0, 0.1) is 0 Å². The lowest BCUT2D eigenvalue weighted by atomic mass is 10.3. The van der Waals surface area contributed by atoms with E-state index in [2.05, 4.69) is 35.3 Å². The Bertz CT molecular complexity index is 215. The highest BCUT2D eigenvalue weighted by Gasteiger charge is 1.94. The Labute approximate surface area is 74.6 Å². The van der Waals surface area contributed by atoms with Gasteiger partial charge < -0.3 is 9.88 Å². The lowest BCUT2D eigenvalue weighted by Gasteiger charge is -1.99. The van der Waals surface area contributed by atoms with E-state index in [0.717, 1.165) is 13.1 Å². The molecule has 0 aliphatic heterocycles. The summed E-state index contributed by atoms with van der Waals surface area (Å²) in [5, 5.41) is 3.14. The molecule has 1 rings (SSSR count). The Morgan fingerprint density at radius 1 is 1.50 bits per heavy atom. The number of hydrogen-bond acceptors (Lipinski definition) is 1. The standard InChI is InChI=1S/C10H18N2/c1-3-4-6-12-7-5-10(9-12)8-11-2/h5,7,9,11H,3-4,6,8H2,1-2H3. The molecule has 68 valence electrons. The lowest BCUT2D eigenvalue weighted by Crippen LogP contribution is -2.04. The Hall–Kier alpha value is -0.760. The molecular weight excluding hydrogens is 148 g/mol. The smallest absolute Gasteiger partial charge is 0.0219 e. The molecule has 1 heterocycles. The van der Waals surface area contributed by atoms with Crippen LogP contribution in [0.5, 0.6) is 0 Å². The Balaban J connectivity index is 2.41. The minimum atomic E-state index is 0.971. The summed E-state index contributed by atoms with van der Waals surface area (Å²) in [6, 6.07) is 2.17. The van der Waals surface area contributed by atoms with Crippen LogP contribution in [0.1, 0.15) is 25.3 Å². The topological polar surface area (TPSA) is 17.0 Å². The highest BCUT2D eigenvalue weighted by atomic mass is 14.9. The average Bonchev–Trinajstić information content (AvgIpc) is 2.50. The maximum Gasteiger partial charge on any atom is 0.0219 e. The number of rotatable bonds is 5. The van der Waals surface area contributed by atoms with Gasteiger partial charge in [0.15, 0.2) is 0 Å². The molecule has 1 N–H and O–H groups in total. The normalized spacial score (nSPS) is 10.5. The summed E-state index contributed by atoms with van der Waals surface area (Å²) in [6.45, 7) is 4.34. The third-order valence-corrected chi connectivity index (χ3v) is 1.96. The molecule has 0 radical (unpaired) electrons. The van der Waals surface area contributed by atoms with E-state index in [1.165, 1.54) is 18.4 Å². The van der Waals surface area contributed by atoms with Crippen molar-refractivity contribution in [3.05, 3.63) is 24.0 Å². The molecular formula is C10H18N2. The molecule has 0 amide bonds. The zero-order valence-electron chi connectivity index (χ0n) is 8.01. The lowest BCUT2D eigenvalue weighted by molar-refractivity contribution is 0.632. The van der Waals surface area contributed by atoms with E-state index in [1.54, 1.807) is 0 Å². The summed E-state index contributed by atoms with van der Waals surface area (Å²) in [5.74, 6) is 0. The third-order valence-electron chi connectivity index (χ3n) is 1.96. The molecule has 1 aromatic rings. The fourth-order valence-corrected chi connectivity index (χ4v) is 1.28. The zero-order chi connectivity index (χ0) is 8.81. The molecule has 0 spiro atoms. The molecule has 2 nitrogen and oxygen atoms in total. The van der Waals surface area contributed by atoms with Gasteiger partial charge in [-0.05, 0) is 25.1 Å². The van der Waals surface area contributed by atoms with Crippen LogP contribution in [0.15, 0.2) is 18.5 Å². The summed E-state index contributed by atoms with van der Waals surface area (Å²) in [4.78, 5) is 0. The molecule has 12 heavy (non-hydrogen) atoms. The molecule has 0 saturated heterocycles. The summed E-state index contributed by atoms with van der Waals surface area (Å²) < 4.78 is 2.26. The number of nitrogens with one attached hydrogen (secondary N) is 1. The summed E-state index contributed by atoms with van der Waals surface area (Å²) in [6.07, 6.45) is 6.90. The van der Waals surface area contributed by atoms with Crippen molar-refractivity contribution >= 4 is 0 Å². The molecule has 0 aliphatic carbocycles. The van der Waals surface area contributed by atoms with Gasteiger partial charge >= 0.3 is 0 Å². The van der Waals surface area contributed by atoms with Crippen LogP contribution in [-0.4, -0.2) is 11.6 Å². The van der Waals surface area contributed by atoms with Crippen LogP contribution in [-0.2, 0) is 13.1 Å². The molecule has 0 unspecified atom stereocenters. The minimum absolute atomic E-state index is 0.971. The number of nitrogens with zero attached hydrogens (tertiary/aromatic N) is 1. The predicted octanol–water partition coefficient (Wildman–Crippen LogP) is 2.01. The van der Waals surface area contributed by atoms with Crippen molar-refractivity contribution in [3.63, 3.8) is 0 Å². The highest BCUT2D eigenvalue weighted by molar-refractivity contribution is 5.09. The van der Waals surface area contributed by atoms with Crippen LogP contribution >= 0.6 is 0 Å². The van der Waals surface area contributed by atoms with Gasteiger partial charge in [0.1, 0.15) is 0 Å². The monoisotopic (exact) mass is 166 g/mol. The van der Waals surface area contributed by atoms with Crippen LogP contribution < -0.4 is 5.32 Å². The van der Waals surface area contributed by atoms with E-state index in [1.807, 2.05) is 7.05 Å². The molecule has 0 aliphatic rings. The number of aryl methyl sites for hydroxylation is 1. The van der Waals surface area contributed by atoms with E-state index in [0.29, 0.717) is 0 Å². The summed E-state index contributed by atoms with van der Waals surface area (Å²) >= 11 is 0. The maximum atomic E-state index is 3.14. The van der Waals surface area contributed by atoms with Gasteiger partial charge in [-0.3, -0.25) is 0 Å². The van der Waals surface area contributed by atoms with Crippen LogP contribution in [0.25, 0.3) is 0 Å². The highest BCUT2D eigenvalue weighted by Crippen LogP contribution is 2.02. The second-order valence-corrected chi connectivity index (χ2v) is 3.14. The van der Waals surface area contributed by atoms with E-state index >= 15 is 0 Å². The second-order valence-electron chi connectivity index (χ2n) is 3.14. The predicted molar refractivity (Wildman–Crippen MR) is 52.1 cm³/mol. The van der Waals surface area contributed by atoms with Gasteiger partial charge in [0, 0.05) is 25.5 Å². The quantitative estimate of drug-likeness (QED) is 0.708. The van der Waals surface area contributed by atoms with Gasteiger partial charge in [-0.2, -0.15) is 0 Å². The molecule has 0 saturated carbocycles. The number of aromatic nitrogens is 1. The zero-order valence-corrected chi connectivity index (χ0v) is 8.01. The Morgan fingerprint density at radius 3 is 3.00 bits per heavy atom. The number of hydrogen-bond donors (Lipinski definition) is 1. The average molecular weight is 166 g/mol. The SMILES string of the molecule is CCCCn1ccc(CNC)c1. The first-order valence-corrected chi connectivity index (χ1v) is 4.66. The van der Waals surface area contributed by atoms with Crippen LogP contribution in [0.3, 0.4) is 0 Å². The van der Waals surface area contributed by atoms with Crippen LogP contribution in [0.4, 0.5) is 0 Å². The minimum Gasteiger partial charge on any atom is -0.354 e. The second kappa shape index (κ2) is 4.99. The van der Waals surface area contributed by atoms with Crippen molar-refractivity contribution in [2.45, 2.75) is 32.9 Å². The third kappa shape index (κ3) is 2.70. The van der Waals surface area contributed by atoms with E-state index < -0.39 is 0 Å². The van der Waals surface area contributed by atoms with Crippen molar-refractivity contribution in [1.82, 2.24) is 9.88 Å². The van der Waals surface area contributed by atoms with Gasteiger partial charge in [0.25, 0.3) is 0 Å².